The van der Waals surface area contributed by atoms with E-state index in [1.54, 1.807) is 12.1 Å². The summed E-state index contributed by atoms with van der Waals surface area (Å²) in [4.78, 5) is 0.367. The van der Waals surface area contributed by atoms with Crippen molar-refractivity contribution in [1.82, 2.24) is 4.31 Å². The predicted molar refractivity (Wildman–Crippen MR) is 88.3 cm³/mol. The summed E-state index contributed by atoms with van der Waals surface area (Å²) in [5, 5.41) is 0. The maximum absolute atomic E-state index is 12.5. The van der Waals surface area contributed by atoms with E-state index < -0.39 is 10.0 Å². The van der Waals surface area contributed by atoms with E-state index in [0.717, 1.165) is 6.42 Å². The number of hydrogen-bond donors (Lipinski definition) is 1. The van der Waals surface area contributed by atoms with Gasteiger partial charge in [-0.25, -0.2) is 8.42 Å². The third-order valence-corrected chi connectivity index (χ3v) is 6.18. The molecule has 0 bridgehead atoms. The van der Waals surface area contributed by atoms with Crippen LogP contribution in [0.1, 0.15) is 38.7 Å². The van der Waals surface area contributed by atoms with Gasteiger partial charge in [-0.3, -0.25) is 0 Å². The van der Waals surface area contributed by atoms with Gasteiger partial charge in [0.2, 0.25) is 10.0 Å². The second-order valence-electron chi connectivity index (χ2n) is 5.84. The van der Waals surface area contributed by atoms with Gasteiger partial charge in [-0.2, -0.15) is 4.31 Å². The Morgan fingerprint density at radius 2 is 1.86 bits per heavy atom. The molecule has 0 aliphatic carbocycles. The van der Waals surface area contributed by atoms with Gasteiger partial charge in [0, 0.05) is 19.1 Å². The summed E-state index contributed by atoms with van der Waals surface area (Å²) in [7, 11) is -3.40. The zero-order chi connectivity index (χ0) is 14.9. The minimum absolute atomic E-state index is 0. The molecule has 4 nitrogen and oxygen atoms in total. The van der Waals surface area contributed by atoms with E-state index in [4.69, 9.17) is 5.73 Å². The van der Waals surface area contributed by atoms with Crippen LogP contribution in [-0.2, 0) is 10.0 Å². The van der Waals surface area contributed by atoms with Gasteiger partial charge < -0.3 is 5.73 Å². The van der Waals surface area contributed by atoms with Gasteiger partial charge in [0.25, 0.3) is 0 Å². The van der Waals surface area contributed by atoms with Crippen LogP contribution in [-0.4, -0.2) is 31.9 Å². The molecule has 3 atom stereocenters. The molecule has 1 aromatic rings. The van der Waals surface area contributed by atoms with Crippen LogP contribution in [0.4, 0.5) is 0 Å². The van der Waals surface area contributed by atoms with Gasteiger partial charge in [0.05, 0.1) is 4.90 Å². The highest BCUT2D eigenvalue weighted by Gasteiger charge is 2.35. The third kappa shape index (κ3) is 3.77. The summed E-state index contributed by atoms with van der Waals surface area (Å²) in [5.74, 6) is 0.663. The Hall–Kier alpha value is -0.620. The van der Waals surface area contributed by atoms with E-state index in [9.17, 15) is 8.42 Å². The fourth-order valence-electron chi connectivity index (χ4n) is 2.50. The Balaban J connectivity index is 0.00000220. The molecule has 3 unspecified atom stereocenters. The summed E-state index contributed by atoms with van der Waals surface area (Å²) in [6.45, 7) is 7.19. The van der Waals surface area contributed by atoms with Crippen LogP contribution < -0.4 is 5.73 Å². The van der Waals surface area contributed by atoms with E-state index in [0.29, 0.717) is 23.9 Å². The predicted octanol–water partition coefficient (Wildman–Crippen LogP) is 2.59. The zero-order valence-corrected chi connectivity index (χ0v) is 14.5. The zero-order valence-electron chi connectivity index (χ0n) is 12.8. The van der Waals surface area contributed by atoms with Crippen molar-refractivity contribution in [2.24, 2.45) is 11.7 Å². The third-order valence-electron chi connectivity index (χ3n) is 4.34. The molecule has 2 N–H and O–H groups in total. The maximum atomic E-state index is 12.5. The molecule has 0 saturated carbocycles. The number of nitrogens with two attached hydrogens (primary N) is 1. The van der Waals surface area contributed by atoms with Crippen LogP contribution in [0, 0.1) is 5.92 Å². The van der Waals surface area contributed by atoms with Crippen molar-refractivity contribution in [1.29, 1.82) is 0 Å². The molecule has 2 rings (SSSR count). The number of halogens is 1. The molecule has 0 spiro atoms. The van der Waals surface area contributed by atoms with Crippen molar-refractivity contribution in [2.45, 2.75) is 44.0 Å². The highest BCUT2D eigenvalue weighted by molar-refractivity contribution is 7.89. The van der Waals surface area contributed by atoms with Gasteiger partial charge in [0.15, 0.2) is 0 Å². The highest BCUT2D eigenvalue weighted by Crippen LogP contribution is 2.25. The Morgan fingerprint density at radius 1 is 1.29 bits per heavy atom. The standard InChI is InChI=1S/C15H24N2O2S.ClH/c1-4-11(2)13-5-7-14(8-6-13)20(18,19)17-9-12(3)15(16)10-17;/h5-8,11-12,15H,4,9-10,16H2,1-3H3;1H. The van der Waals surface area contributed by atoms with E-state index in [1.165, 1.54) is 9.87 Å². The lowest BCUT2D eigenvalue weighted by atomic mass is 9.99. The molecule has 6 heteroatoms. The molecule has 1 aliphatic rings. The average Bonchev–Trinajstić information content (AvgIpc) is 2.78. The molecule has 1 aromatic carbocycles. The largest absolute Gasteiger partial charge is 0.326 e. The summed E-state index contributed by atoms with van der Waals surface area (Å²) in [5.41, 5.74) is 7.10. The van der Waals surface area contributed by atoms with Crippen molar-refractivity contribution >= 4 is 22.4 Å². The smallest absolute Gasteiger partial charge is 0.243 e. The fraction of sp³-hybridized carbons (Fsp3) is 0.600. The minimum Gasteiger partial charge on any atom is -0.326 e. The Morgan fingerprint density at radius 3 is 2.29 bits per heavy atom. The Kier molecular flexibility index (Phi) is 6.23. The first kappa shape index (κ1) is 18.4. The van der Waals surface area contributed by atoms with E-state index >= 15 is 0 Å². The molecular formula is C15H25ClN2O2S. The second kappa shape index (κ2) is 7.09. The van der Waals surface area contributed by atoms with Gasteiger partial charge in [-0.1, -0.05) is 32.9 Å². The quantitative estimate of drug-likeness (QED) is 0.921. The number of nitrogens with zero attached hydrogens (tertiary/aromatic N) is 1. The van der Waals surface area contributed by atoms with Crippen molar-refractivity contribution in [3.05, 3.63) is 29.8 Å². The molecule has 0 amide bonds. The Labute approximate surface area is 134 Å². The van der Waals surface area contributed by atoms with Gasteiger partial charge in [-0.15, -0.1) is 12.4 Å². The first-order valence-electron chi connectivity index (χ1n) is 7.22. The van der Waals surface area contributed by atoms with Crippen LogP contribution >= 0.6 is 12.4 Å². The van der Waals surface area contributed by atoms with Crippen LogP contribution in [0.3, 0.4) is 0 Å². The van der Waals surface area contributed by atoms with Crippen LogP contribution in [0.25, 0.3) is 0 Å². The molecule has 1 aliphatic heterocycles. The summed E-state index contributed by atoms with van der Waals surface area (Å²) < 4.78 is 26.6. The molecule has 1 saturated heterocycles. The molecule has 0 aromatic heterocycles. The van der Waals surface area contributed by atoms with Gasteiger partial charge in [-0.05, 0) is 36.0 Å². The lowest BCUT2D eigenvalue weighted by Gasteiger charge is -2.17. The van der Waals surface area contributed by atoms with Crippen LogP contribution in [0.15, 0.2) is 29.2 Å². The molecular weight excluding hydrogens is 308 g/mol. The van der Waals surface area contributed by atoms with Crippen molar-refractivity contribution in [3.8, 4) is 0 Å². The SMILES string of the molecule is CCC(C)c1ccc(S(=O)(=O)N2CC(C)C(N)C2)cc1.Cl. The van der Waals surface area contributed by atoms with E-state index in [-0.39, 0.29) is 24.4 Å². The van der Waals surface area contributed by atoms with Crippen molar-refractivity contribution in [2.75, 3.05) is 13.1 Å². The van der Waals surface area contributed by atoms with Crippen molar-refractivity contribution < 1.29 is 8.42 Å². The minimum atomic E-state index is -3.40. The monoisotopic (exact) mass is 332 g/mol. The molecule has 1 heterocycles. The fourth-order valence-corrected chi connectivity index (χ4v) is 4.07. The lowest BCUT2D eigenvalue weighted by molar-refractivity contribution is 0.464. The summed E-state index contributed by atoms with van der Waals surface area (Å²) in [6, 6.07) is 7.20. The average molecular weight is 333 g/mol. The summed E-state index contributed by atoms with van der Waals surface area (Å²) >= 11 is 0. The van der Waals surface area contributed by atoms with E-state index in [2.05, 4.69) is 13.8 Å². The first-order valence-corrected chi connectivity index (χ1v) is 8.66. The number of benzene rings is 1. The second-order valence-corrected chi connectivity index (χ2v) is 7.78. The number of hydrogen-bond acceptors (Lipinski definition) is 3. The van der Waals surface area contributed by atoms with Gasteiger partial charge in [0.1, 0.15) is 0 Å². The topological polar surface area (TPSA) is 63.4 Å². The highest BCUT2D eigenvalue weighted by atomic mass is 35.5. The first-order chi connectivity index (χ1) is 9.36. The molecule has 1 fully saturated rings. The molecule has 120 valence electrons. The number of rotatable bonds is 4. The summed E-state index contributed by atoms with van der Waals surface area (Å²) in [6.07, 6.45) is 1.05. The lowest BCUT2D eigenvalue weighted by Crippen LogP contribution is -2.32. The molecule has 0 radical (unpaired) electrons. The van der Waals surface area contributed by atoms with Crippen molar-refractivity contribution in [3.63, 3.8) is 0 Å². The van der Waals surface area contributed by atoms with Crippen LogP contribution in [0.2, 0.25) is 0 Å². The van der Waals surface area contributed by atoms with Gasteiger partial charge >= 0.3 is 0 Å². The van der Waals surface area contributed by atoms with E-state index in [1.807, 2.05) is 19.1 Å². The van der Waals surface area contributed by atoms with Crippen LogP contribution in [0.5, 0.6) is 0 Å². The maximum Gasteiger partial charge on any atom is 0.243 e. The Bertz CT molecular complexity index is 550. The molecule has 21 heavy (non-hydrogen) atoms. The normalized spacial score (nSPS) is 24.6. The number of sulfonamides is 1.